The number of carbonyl (C=O) groups is 2. The zero-order chi connectivity index (χ0) is 13.5. The van der Waals surface area contributed by atoms with Crippen molar-refractivity contribution in [2.75, 3.05) is 0 Å². The van der Waals surface area contributed by atoms with E-state index in [9.17, 15) is 9.59 Å². The first-order valence-corrected chi connectivity index (χ1v) is 6.03. The Kier molecular flexibility index (Phi) is 5.52. The number of nitrogens with two attached hydrogens (primary N) is 1. The average Bonchev–Trinajstić information content (AvgIpc) is 2.29. The fourth-order valence-corrected chi connectivity index (χ4v) is 1.59. The molecule has 0 saturated heterocycles. The van der Waals surface area contributed by atoms with Gasteiger partial charge in [0, 0.05) is 0 Å². The Morgan fingerprint density at radius 2 is 1.83 bits per heavy atom. The number of rotatable bonds is 5. The summed E-state index contributed by atoms with van der Waals surface area (Å²) in [5, 5.41) is 0. The number of hydrogen-bond acceptors (Lipinski definition) is 4. The van der Waals surface area contributed by atoms with Gasteiger partial charge in [-0.3, -0.25) is 4.79 Å². The second-order valence-corrected chi connectivity index (χ2v) is 4.69. The smallest absolute Gasteiger partial charge is 0.330 e. The fourth-order valence-electron chi connectivity index (χ4n) is 1.59. The molecule has 0 spiro atoms. The van der Waals surface area contributed by atoms with E-state index in [2.05, 4.69) is 0 Å². The third kappa shape index (κ3) is 5.10. The van der Waals surface area contributed by atoms with Crippen molar-refractivity contribution in [3.63, 3.8) is 0 Å². The highest BCUT2D eigenvalue weighted by Crippen LogP contribution is 2.06. The summed E-state index contributed by atoms with van der Waals surface area (Å²) >= 11 is 0. The topological polar surface area (TPSA) is 69.4 Å². The van der Waals surface area contributed by atoms with E-state index in [0.29, 0.717) is 6.42 Å². The normalized spacial score (nSPS) is 12.2. The molecule has 4 nitrogen and oxygen atoms in total. The quantitative estimate of drug-likeness (QED) is 0.636. The summed E-state index contributed by atoms with van der Waals surface area (Å²) in [4.78, 5) is 23.0. The molecule has 0 aliphatic heterocycles. The van der Waals surface area contributed by atoms with E-state index in [0.717, 1.165) is 5.56 Å². The average molecular weight is 249 g/mol. The zero-order valence-electron chi connectivity index (χ0n) is 10.8. The van der Waals surface area contributed by atoms with Crippen LogP contribution in [0.2, 0.25) is 0 Å². The molecule has 4 heteroatoms. The van der Waals surface area contributed by atoms with Crippen LogP contribution in [0.3, 0.4) is 0 Å². The molecule has 98 valence electrons. The third-order valence-corrected chi connectivity index (χ3v) is 2.43. The van der Waals surface area contributed by atoms with E-state index in [-0.39, 0.29) is 12.3 Å². The molecule has 0 amide bonds. The molecule has 2 N–H and O–H groups in total. The van der Waals surface area contributed by atoms with Crippen molar-refractivity contribution in [2.45, 2.75) is 32.7 Å². The zero-order valence-corrected chi connectivity index (χ0v) is 10.8. The molecular weight excluding hydrogens is 230 g/mol. The molecule has 0 heterocycles. The third-order valence-electron chi connectivity index (χ3n) is 2.43. The lowest BCUT2D eigenvalue weighted by Gasteiger charge is -2.12. The summed E-state index contributed by atoms with van der Waals surface area (Å²) in [6.07, 6.45) is 0.596. The summed E-state index contributed by atoms with van der Waals surface area (Å²) in [5.41, 5.74) is 6.45. The predicted molar refractivity (Wildman–Crippen MR) is 68.7 cm³/mol. The minimum absolute atomic E-state index is 0.0843. The monoisotopic (exact) mass is 249 g/mol. The molecule has 1 aromatic rings. The highest BCUT2D eigenvalue weighted by Gasteiger charge is 2.19. The first kappa shape index (κ1) is 14.4. The standard InChI is InChI=1S/C14H19NO3/c1-10(2)8-12(15)14(17)18-13(16)9-11-6-4-3-5-7-11/h3-7,10,12H,8-9,15H2,1-2H3/t12-/m0/s1. The van der Waals surface area contributed by atoms with Gasteiger partial charge in [0.2, 0.25) is 0 Å². The molecule has 1 rings (SSSR count). The van der Waals surface area contributed by atoms with Gasteiger partial charge >= 0.3 is 11.9 Å². The molecule has 0 saturated carbocycles. The Morgan fingerprint density at radius 3 is 2.39 bits per heavy atom. The van der Waals surface area contributed by atoms with Gasteiger partial charge in [-0.1, -0.05) is 44.2 Å². The van der Waals surface area contributed by atoms with Crippen molar-refractivity contribution in [1.82, 2.24) is 0 Å². The maximum atomic E-state index is 11.5. The predicted octanol–water partition coefficient (Wildman–Crippen LogP) is 1.67. The van der Waals surface area contributed by atoms with Crippen LogP contribution < -0.4 is 5.73 Å². The van der Waals surface area contributed by atoms with Crippen molar-refractivity contribution >= 4 is 11.9 Å². The van der Waals surface area contributed by atoms with Crippen molar-refractivity contribution in [1.29, 1.82) is 0 Å². The van der Waals surface area contributed by atoms with Crippen LogP contribution in [0.1, 0.15) is 25.8 Å². The van der Waals surface area contributed by atoms with Crippen LogP contribution in [-0.2, 0) is 20.7 Å². The Balaban J connectivity index is 2.43. The van der Waals surface area contributed by atoms with Crippen LogP contribution in [0.15, 0.2) is 30.3 Å². The molecule has 18 heavy (non-hydrogen) atoms. The van der Waals surface area contributed by atoms with Gasteiger partial charge in [-0.2, -0.15) is 0 Å². The Bertz CT molecular complexity index is 401. The molecule has 0 fully saturated rings. The van der Waals surface area contributed by atoms with Gasteiger partial charge in [-0.05, 0) is 17.9 Å². The van der Waals surface area contributed by atoms with E-state index in [4.69, 9.17) is 10.5 Å². The van der Waals surface area contributed by atoms with E-state index < -0.39 is 18.0 Å². The van der Waals surface area contributed by atoms with Crippen LogP contribution in [0.4, 0.5) is 0 Å². The Morgan fingerprint density at radius 1 is 1.22 bits per heavy atom. The van der Waals surface area contributed by atoms with Gasteiger partial charge in [-0.25, -0.2) is 4.79 Å². The van der Waals surface area contributed by atoms with Gasteiger partial charge in [0.1, 0.15) is 6.04 Å². The molecule has 0 radical (unpaired) electrons. The Labute approximate surface area is 107 Å². The van der Waals surface area contributed by atoms with Crippen molar-refractivity contribution in [2.24, 2.45) is 11.7 Å². The summed E-state index contributed by atoms with van der Waals surface area (Å²) in [7, 11) is 0. The second-order valence-electron chi connectivity index (χ2n) is 4.69. The maximum absolute atomic E-state index is 11.5. The van der Waals surface area contributed by atoms with E-state index in [1.54, 1.807) is 12.1 Å². The molecule has 0 aromatic heterocycles. The van der Waals surface area contributed by atoms with Gasteiger partial charge in [0.25, 0.3) is 0 Å². The number of benzene rings is 1. The Hall–Kier alpha value is -1.68. The molecule has 1 atom stereocenters. The molecule has 0 aliphatic carbocycles. The van der Waals surface area contributed by atoms with Gasteiger partial charge < -0.3 is 10.5 Å². The van der Waals surface area contributed by atoms with Crippen LogP contribution in [0.5, 0.6) is 0 Å². The molecule has 1 aromatic carbocycles. The van der Waals surface area contributed by atoms with Crippen molar-refractivity contribution in [3.05, 3.63) is 35.9 Å². The van der Waals surface area contributed by atoms with Crippen LogP contribution in [0, 0.1) is 5.92 Å². The van der Waals surface area contributed by atoms with Gasteiger partial charge in [0.05, 0.1) is 6.42 Å². The van der Waals surface area contributed by atoms with Crippen LogP contribution in [0.25, 0.3) is 0 Å². The first-order valence-electron chi connectivity index (χ1n) is 6.03. The van der Waals surface area contributed by atoms with Gasteiger partial charge in [0.15, 0.2) is 0 Å². The minimum Gasteiger partial charge on any atom is -0.392 e. The van der Waals surface area contributed by atoms with Crippen LogP contribution >= 0.6 is 0 Å². The molecule has 0 bridgehead atoms. The second kappa shape index (κ2) is 6.91. The van der Waals surface area contributed by atoms with Crippen molar-refractivity contribution in [3.8, 4) is 0 Å². The van der Waals surface area contributed by atoms with Crippen molar-refractivity contribution < 1.29 is 14.3 Å². The van der Waals surface area contributed by atoms with Crippen LogP contribution in [-0.4, -0.2) is 18.0 Å². The number of esters is 2. The SMILES string of the molecule is CC(C)C[C@H](N)C(=O)OC(=O)Cc1ccccc1. The number of hydrogen-bond donors (Lipinski definition) is 1. The molecule has 0 unspecified atom stereocenters. The van der Waals surface area contributed by atoms with E-state index in [1.807, 2.05) is 32.0 Å². The minimum atomic E-state index is -0.732. The summed E-state index contributed by atoms with van der Waals surface area (Å²) in [6, 6.07) is 8.40. The highest BCUT2D eigenvalue weighted by molar-refractivity contribution is 5.89. The number of ether oxygens (including phenoxy) is 1. The molecule has 0 aliphatic rings. The lowest BCUT2D eigenvalue weighted by Crippen LogP contribution is -2.35. The summed E-state index contributed by atoms with van der Waals surface area (Å²) in [6.45, 7) is 3.91. The highest BCUT2D eigenvalue weighted by atomic mass is 16.6. The lowest BCUT2D eigenvalue weighted by atomic mass is 10.1. The lowest BCUT2D eigenvalue weighted by molar-refractivity contribution is -0.160. The number of carbonyl (C=O) groups excluding carboxylic acids is 2. The van der Waals surface area contributed by atoms with E-state index >= 15 is 0 Å². The first-order chi connectivity index (χ1) is 8.49. The van der Waals surface area contributed by atoms with Gasteiger partial charge in [-0.15, -0.1) is 0 Å². The fraction of sp³-hybridized carbons (Fsp3) is 0.429. The largest absolute Gasteiger partial charge is 0.392 e. The summed E-state index contributed by atoms with van der Waals surface area (Å²) in [5.74, 6) is -0.924. The van der Waals surface area contributed by atoms with E-state index in [1.165, 1.54) is 0 Å². The molecular formula is C14H19NO3. The summed E-state index contributed by atoms with van der Waals surface area (Å²) < 4.78 is 4.71. The maximum Gasteiger partial charge on any atom is 0.330 e.